The highest BCUT2D eigenvalue weighted by atomic mass is 79.9. The summed E-state index contributed by atoms with van der Waals surface area (Å²) in [4.78, 5) is 13.1. The molecule has 1 amide bonds. The third-order valence-electron chi connectivity index (χ3n) is 4.58. The quantitative estimate of drug-likeness (QED) is 0.451. The van der Waals surface area contributed by atoms with Crippen molar-refractivity contribution in [3.63, 3.8) is 0 Å². The minimum Gasteiger partial charge on any atom is -0.497 e. The monoisotopic (exact) mass is 502 g/mol. The maximum atomic E-state index is 13.1. The van der Waals surface area contributed by atoms with Gasteiger partial charge in [0.2, 0.25) is 0 Å². The van der Waals surface area contributed by atoms with Gasteiger partial charge in [0.15, 0.2) is 10.4 Å². The number of hydrogen-bond acceptors (Lipinski definition) is 4. The molecule has 142 valence electrons. The summed E-state index contributed by atoms with van der Waals surface area (Å²) in [7, 11) is 1.63. The Hall–Kier alpha value is -2.38. The predicted octanol–water partition coefficient (Wildman–Crippen LogP) is 5.80. The van der Waals surface area contributed by atoms with Crippen LogP contribution < -0.4 is 4.74 Å². The Balaban J connectivity index is 1.71. The summed E-state index contributed by atoms with van der Waals surface area (Å²) in [5, 5.41) is 6.16. The van der Waals surface area contributed by atoms with Gasteiger partial charge in [0.25, 0.3) is 0 Å². The Morgan fingerprint density at radius 3 is 2.39 bits per heavy atom. The van der Waals surface area contributed by atoms with Gasteiger partial charge in [-0.3, -0.25) is 4.79 Å². The molecule has 0 radical (unpaired) electrons. The first-order valence-corrected chi connectivity index (χ1v) is 10.2. The van der Waals surface area contributed by atoms with Gasteiger partial charge in [-0.1, -0.05) is 40.2 Å². The van der Waals surface area contributed by atoms with E-state index in [1.807, 2.05) is 48.5 Å². The van der Waals surface area contributed by atoms with Gasteiger partial charge in [0.1, 0.15) is 5.75 Å². The molecule has 1 aliphatic heterocycles. The zero-order valence-corrected chi connectivity index (χ0v) is 18.1. The largest absolute Gasteiger partial charge is 0.497 e. The first-order chi connectivity index (χ1) is 13.5. The minimum absolute atomic E-state index is 0.221. The highest BCUT2D eigenvalue weighted by Gasteiger charge is 2.35. The van der Waals surface area contributed by atoms with Crippen molar-refractivity contribution in [3.8, 4) is 5.75 Å². The number of ether oxygens (including phenoxy) is 1. The van der Waals surface area contributed by atoms with E-state index < -0.39 is 0 Å². The summed E-state index contributed by atoms with van der Waals surface area (Å²) in [5.41, 5.74) is 2.82. The molecule has 2 heterocycles. The Bertz CT molecular complexity index is 1030. The number of benzene rings is 2. The lowest BCUT2D eigenvalue weighted by molar-refractivity contribution is 0.0677. The second-order valence-corrected chi connectivity index (χ2v) is 8.00. The Kier molecular flexibility index (Phi) is 5.37. The summed E-state index contributed by atoms with van der Waals surface area (Å²) < 4.78 is 12.2. The molecule has 0 saturated carbocycles. The minimum atomic E-state index is -0.279. The van der Waals surface area contributed by atoms with Gasteiger partial charge >= 0.3 is 5.91 Å². The zero-order valence-electron chi connectivity index (χ0n) is 14.9. The van der Waals surface area contributed by atoms with E-state index in [9.17, 15) is 4.79 Å². The number of hydrazone groups is 1. The number of nitrogens with zero attached hydrogens (tertiary/aromatic N) is 2. The van der Waals surface area contributed by atoms with E-state index in [2.05, 4.69) is 37.0 Å². The average Bonchev–Trinajstić information content (AvgIpc) is 3.35. The second kappa shape index (κ2) is 7.93. The summed E-state index contributed by atoms with van der Waals surface area (Å²) in [6.07, 6.45) is 0.613. The molecule has 1 atom stereocenters. The van der Waals surface area contributed by atoms with Crippen LogP contribution in [0.1, 0.15) is 34.1 Å². The molecule has 1 aromatic heterocycles. The fourth-order valence-electron chi connectivity index (χ4n) is 3.14. The molecule has 0 fully saturated rings. The van der Waals surface area contributed by atoms with Crippen molar-refractivity contribution in [2.45, 2.75) is 12.5 Å². The third-order valence-corrected chi connectivity index (χ3v) is 5.54. The van der Waals surface area contributed by atoms with Crippen molar-refractivity contribution in [2.24, 2.45) is 5.10 Å². The number of amides is 1. The zero-order chi connectivity index (χ0) is 19.7. The Labute approximate surface area is 179 Å². The van der Waals surface area contributed by atoms with Crippen LogP contribution in [0.5, 0.6) is 5.75 Å². The lowest BCUT2D eigenvalue weighted by Gasteiger charge is -2.21. The fourth-order valence-corrected chi connectivity index (χ4v) is 3.71. The molecule has 4 rings (SSSR count). The van der Waals surface area contributed by atoms with Gasteiger partial charge in [0.05, 0.1) is 18.9 Å². The summed E-state index contributed by atoms with van der Waals surface area (Å²) >= 11 is 6.70. The van der Waals surface area contributed by atoms with Crippen LogP contribution in [0, 0.1) is 0 Å². The van der Waals surface area contributed by atoms with Gasteiger partial charge in [-0.05, 0) is 63.5 Å². The summed E-state index contributed by atoms with van der Waals surface area (Å²) in [6.45, 7) is 0. The van der Waals surface area contributed by atoms with Crippen LogP contribution in [0.2, 0.25) is 0 Å². The van der Waals surface area contributed by atoms with E-state index in [-0.39, 0.29) is 17.7 Å². The summed E-state index contributed by atoms with van der Waals surface area (Å²) in [6, 6.07) is 18.7. The lowest BCUT2D eigenvalue weighted by atomic mass is 9.98. The van der Waals surface area contributed by atoms with Gasteiger partial charge in [0, 0.05) is 10.9 Å². The number of rotatable bonds is 4. The highest BCUT2D eigenvalue weighted by Crippen LogP contribution is 2.35. The molecule has 3 aromatic rings. The van der Waals surface area contributed by atoms with Crippen molar-refractivity contribution in [1.82, 2.24) is 5.01 Å². The van der Waals surface area contributed by atoms with Gasteiger partial charge in [-0.2, -0.15) is 5.10 Å². The molecule has 0 bridgehead atoms. The van der Waals surface area contributed by atoms with E-state index >= 15 is 0 Å². The summed E-state index contributed by atoms with van der Waals surface area (Å²) in [5.74, 6) is 0.730. The molecule has 28 heavy (non-hydrogen) atoms. The Morgan fingerprint density at radius 1 is 1.07 bits per heavy atom. The smallest absolute Gasteiger partial charge is 0.310 e. The van der Waals surface area contributed by atoms with Crippen LogP contribution in [0.4, 0.5) is 0 Å². The molecule has 0 saturated heterocycles. The second-order valence-electron chi connectivity index (χ2n) is 6.30. The van der Waals surface area contributed by atoms with Crippen molar-refractivity contribution >= 4 is 43.5 Å². The number of furan rings is 1. The van der Waals surface area contributed by atoms with Crippen LogP contribution in [-0.4, -0.2) is 23.7 Å². The number of carbonyl (C=O) groups is 1. The topological polar surface area (TPSA) is 55.0 Å². The number of hydrogen-bond donors (Lipinski definition) is 0. The number of carbonyl (C=O) groups excluding carboxylic acids is 1. The third kappa shape index (κ3) is 3.77. The SMILES string of the molecule is COc1ccc(C2CC(c3ccc(Br)cc3)=NN2C(=O)c2ccc(Br)o2)cc1. The van der Waals surface area contributed by atoms with Crippen LogP contribution >= 0.6 is 31.9 Å². The lowest BCUT2D eigenvalue weighted by Crippen LogP contribution is -2.26. The van der Waals surface area contributed by atoms with Gasteiger partial charge in [-0.25, -0.2) is 5.01 Å². The fraction of sp³-hybridized carbons (Fsp3) is 0.143. The van der Waals surface area contributed by atoms with Crippen molar-refractivity contribution in [3.05, 3.63) is 86.7 Å². The molecular formula is C21H16Br2N2O3. The number of methoxy groups -OCH3 is 1. The van der Waals surface area contributed by atoms with E-state index in [1.54, 1.807) is 19.2 Å². The molecule has 1 unspecified atom stereocenters. The average molecular weight is 504 g/mol. The normalized spacial score (nSPS) is 16.2. The molecule has 5 nitrogen and oxygen atoms in total. The van der Waals surface area contributed by atoms with Crippen LogP contribution in [0.3, 0.4) is 0 Å². The molecule has 0 aliphatic carbocycles. The predicted molar refractivity (Wildman–Crippen MR) is 114 cm³/mol. The first kappa shape index (κ1) is 19.0. The van der Waals surface area contributed by atoms with E-state index in [4.69, 9.17) is 9.15 Å². The van der Waals surface area contributed by atoms with Crippen molar-refractivity contribution in [1.29, 1.82) is 0 Å². The highest BCUT2D eigenvalue weighted by molar-refractivity contribution is 9.10. The van der Waals surface area contributed by atoms with E-state index in [1.165, 1.54) is 5.01 Å². The van der Waals surface area contributed by atoms with Gasteiger partial charge in [-0.15, -0.1) is 0 Å². The molecule has 1 aliphatic rings. The maximum absolute atomic E-state index is 13.1. The first-order valence-electron chi connectivity index (χ1n) is 8.61. The molecule has 7 heteroatoms. The van der Waals surface area contributed by atoms with Gasteiger partial charge < -0.3 is 9.15 Å². The molecular weight excluding hydrogens is 488 g/mol. The van der Waals surface area contributed by atoms with Crippen molar-refractivity contribution in [2.75, 3.05) is 7.11 Å². The van der Waals surface area contributed by atoms with Crippen LogP contribution in [0.25, 0.3) is 0 Å². The van der Waals surface area contributed by atoms with Crippen molar-refractivity contribution < 1.29 is 13.9 Å². The molecule has 2 aromatic carbocycles. The molecule has 0 spiro atoms. The standard InChI is InChI=1S/C21H16Br2N2O3/c1-27-16-8-4-14(5-9-16)18-12-17(13-2-6-15(22)7-3-13)24-25(18)21(26)19-10-11-20(23)28-19/h2-11,18H,12H2,1H3. The van der Waals surface area contributed by atoms with E-state index in [0.717, 1.165) is 27.1 Å². The van der Waals surface area contributed by atoms with E-state index in [0.29, 0.717) is 11.1 Å². The molecule has 0 N–H and O–H groups in total. The van der Waals surface area contributed by atoms with Crippen LogP contribution in [0.15, 0.2) is 79.3 Å². The number of halogens is 2. The van der Waals surface area contributed by atoms with Crippen LogP contribution in [-0.2, 0) is 0 Å². The maximum Gasteiger partial charge on any atom is 0.310 e. The Morgan fingerprint density at radius 2 is 1.79 bits per heavy atom.